The Morgan fingerprint density at radius 3 is 2.25 bits per heavy atom. The van der Waals surface area contributed by atoms with E-state index in [1.165, 1.54) is 18.3 Å². The Hall–Kier alpha value is -3.39. The molecular weight excluding hydrogens is 426 g/mol. The number of hydrogen-bond donors (Lipinski definition) is 1. The lowest BCUT2D eigenvalue weighted by Gasteiger charge is -2.22. The van der Waals surface area contributed by atoms with Crippen molar-refractivity contribution in [1.82, 2.24) is 9.97 Å². The highest BCUT2D eigenvalue weighted by Crippen LogP contribution is 2.25. The molecule has 3 aromatic rings. The van der Waals surface area contributed by atoms with Crippen molar-refractivity contribution >= 4 is 27.2 Å². The van der Waals surface area contributed by atoms with E-state index in [9.17, 15) is 18.0 Å². The molecule has 0 saturated carbocycles. The maximum Gasteiger partial charge on any atom is 0.228 e. The van der Waals surface area contributed by atoms with Crippen LogP contribution in [0.15, 0.2) is 71.9 Å². The molecule has 2 heterocycles. The first-order valence-electron chi connectivity index (χ1n) is 10.2. The van der Waals surface area contributed by atoms with Crippen LogP contribution in [-0.2, 0) is 26.5 Å². The van der Waals surface area contributed by atoms with Crippen LogP contribution in [0.3, 0.4) is 0 Å². The topological polar surface area (TPSA) is 106 Å². The Morgan fingerprint density at radius 1 is 0.969 bits per heavy atom. The number of Topliss-reactive ketones (excluding diaryl/α,β-unsaturated/α-hetero) is 1. The van der Waals surface area contributed by atoms with Gasteiger partial charge in [0.1, 0.15) is 5.69 Å². The Kier molecular flexibility index (Phi) is 6.84. The van der Waals surface area contributed by atoms with Crippen molar-refractivity contribution in [1.29, 1.82) is 0 Å². The Balaban J connectivity index is 1.64. The molecule has 3 rings (SSSR count). The minimum atomic E-state index is -3.27. The Bertz CT molecular complexity index is 1200. The van der Waals surface area contributed by atoms with E-state index in [-0.39, 0.29) is 34.5 Å². The van der Waals surface area contributed by atoms with E-state index in [0.717, 1.165) is 0 Å². The molecule has 0 saturated heterocycles. The number of ketones is 1. The molecule has 32 heavy (non-hydrogen) atoms. The lowest BCUT2D eigenvalue weighted by molar-refractivity contribution is -0.115. The number of nitrogens with one attached hydrogen (secondary N) is 1. The number of rotatable bonds is 8. The fourth-order valence-corrected chi connectivity index (χ4v) is 4.03. The van der Waals surface area contributed by atoms with Crippen molar-refractivity contribution in [3.05, 3.63) is 83.9 Å². The first-order valence-corrected chi connectivity index (χ1v) is 11.8. The summed E-state index contributed by atoms with van der Waals surface area (Å²) in [6.07, 6.45) is 3.17. The molecule has 1 aromatic carbocycles. The van der Waals surface area contributed by atoms with E-state index < -0.39 is 15.3 Å². The highest BCUT2D eigenvalue weighted by molar-refractivity contribution is 7.91. The predicted molar refractivity (Wildman–Crippen MR) is 122 cm³/mol. The molecule has 0 aliphatic carbocycles. The van der Waals surface area contributed by atoms with Gasteiger partial charge in [0.2, 0.25) is 5.91 Å². The molecule has 8 heteroatoms. The van der Waals surface area contributed by atoms with Gasteiger partial charge < -0.3 is 5.32 Å². The zero-order chi connectivity index (χ0) is 23.4. The number of anilines is 1. The second-order valence-electron chi connectivity index (χ2n) is 7.87. The van der Waals surface area contributed by atoms with Gasteiger partial charge in [0, 0.05) is 6.20 Å². The van der Waals surface area contributed by atoms with Gasteiger partial charge in [0.05, 0.1) is 40.1 Å². The second-order valence-corrected chi connectivity index (χ2v) is 10.2. The maximum absolute atomic E-state index is 12.9. The summed E-state index contributed by atoms with van der Waals surface area (Å²) in [4.78, 5) is 34.0. The van der Waals surface area contributed by atoms with Crippen LogP contribution in [0, 0.1) is 0 Å². The van der Waals surface area contributed by atoms with Gasteiger partial charge in [-0.1, -0.05) is 25.1 Å². The van der Waals surface area contributed by atoms with Crippen LogP contribution in [0.4, 0.5) is 5.69 Å². The van der Waals surface area contributed by atoms with Crippen molar-refractivity contribution in [3.63, 3.8) is 0 Å². The van der Waals surface area contributed by atoms with Crippen LogP contribution in [0.2, 0.25) is 0 Å². The van der Waals surface area contributed by atoms with Crippen molar-refractivity contribution in [2.75, 3.05) is 11.1 Å². The van der Waals surface area contributed by atoms with Gasteiger partial charge in [0.25, 0.3) is 0 Å². The summed E-state index contributed by atoms with van der Waals surface area (Å²) >= 11 is 0. The average Bonchev–Trinajstić information content (AvgIpc) is 2.80. The minimum Gasteiger partial charge on any atom is -0.324 e. The number of sulfone groups is 1. The fourth-order valence-electron chi connectivity index (χ4n) is 3.14. The molecule has 1 amide bonds. The lowest BCUT2D eigenvalue weighted by atomic mass is 9.82. The quantitative estimate of drug-likeness (QED) is 0.525. The summed E-state index contributed by atoms with van der Waals surface area (Å²) in [6.45, 7) is 5.18. The Morgan fingerprint density at radius 2 is 1.69 bits per heavy atom. The molecule has 0 fully saturated rings. The Labute approximate surface area is 187 Å². The van der Waals surface area contributed by atoms with Crippen LogP contribution in [0.1, 0.15) is 42.5 Å². The number of amides is 1. The number of aromatic nitrogens is 2. The summed E-state index contributed by atoms with van der Waals surface area (Å²) < 4.78 is 23.8. The zero-order valence-electron chi connectivity index (χ0n) is 18.2. The van der Waals surface area contributed by atoms with E-state index >= 15 is 0 Å². The smallest absolute Gasteiger partial charge is 0.228 e. The van der Waals surface area contributed by atoms with E-state index in [4.69, 9.17) is 0 Å². The highest BCUT2D eigenvalue weighted by Gasteiger charge is 2.32. The molecular formula is C24H25N3O4S. The van der Waals surface area contributed by atoms with Crippen LogP contribution in [0.5, 0.6) is 0 Å². The third-order valence-electron chi connectivity index (χ3n) is 5.18. The largest absolute Gasteiger partial charge is 0.324 e. The van der Waals surface area contributed by atoms with E-state index in [1.807, 2.05) is 6.07 Å². The molecule has 0 aliphatic rings. The molecule has 7 nitrogen and oxygen atoms in total. The molecule has 0 bridgehead atoms. The fraction of sp³-hybridized carbons (Fsp3) is 0.250. The van der Waals surface area contributed by atoms with E-state index in [1.54, 1.807) is 63.4 Å². The molecule has 2 aromatic heterocycles. The molecule has 0 unspecified atom stereocenters. The van der Waals surface area contributed by atoms with Gasteiger partial charge >= 0.3 is 0 Å². The van der Waals surface area contributed by atoms with Gasteiger partial charge in [-0.2, -0.15) is 0 Å². The number of carbonyl (C=O) groups is 2. The second kappa shape index (κ2) is 9.40. The van der Waals surface area contributed by atoms with Gasteiger partial charge in [-0.3, -0.25) is 19.6 Å². The summed E-state index contributed by atoms with van der Waals surface area (Å²) in [5.41, 5.74) is 1.26. The number of hydrogen-bond acceptors (Lipinski definition) is 6. The number of benzene rings is 1. The molecule has 166 valence electrons. The van der Waals surface area contributed by atoms with Crippen LogP contribution >= 0.6 is 0 Å². The third-order valence-corrected chi connectivity index (χ3v) is 6.93. The highest BCUT2D eigenvalue weighted by atomic mass is 32.2. The molecule has 0 atom stereocenters. The number of nitrogens with zero attached hydrogens (tertiary/aromatic N) is 2. The average molecular weight is 452 g/mol. The van der Waals surface area contributed by atoms with Crippen LogP contribution in [-0.4, -0.2) is 35.8 Å². The van der Waals surface area contributed by atoms with Gasteiger partial charge in [-0.15, -0.1) is 0 Å². The van der Waals surface area contributed by atoms with Crippen LogP contribution < -0.4 is 5.32 Å². The molecule has 1 N–H and O–H groups in total. The predicted octanol–water partition coefficient (Wildman–Crippen LogP) is 3.61. The zero-order valence-corrected chi connectivity index (χ0v) is 19.0. The van der Waals surface area contributed by atoms with Crippen molar-refractivity contribution in [2.24, 2.45) is 0 Å². The van der Waals surface area contributed by atoms with Gasteiger partial charge in [-0.05, 0) is 55.8 Å². The lowest BCUT2D eigenvalue weighted by Crippen LogP contribution is -2.30. The summed E-state index contributed by atoms with van der Waals surface area (Å²) in [6, 6.07) is 14.9. The number of pyridine rings is 2. The first kappa shape index (κ1) is 23.3. The SMILES string of the molecule is CCS(=O)(=O)c1ccc(CC(=O)Nc2ccc(C(=O)C(C)(C)c3ccccn3)nc2)cc1. The van der Waals surface area contributed by atoms with Crippen LogP contribution in [0.25, 0.3) is 0 Å². The van der Waals surface area contributed by atoms with Gasteiger partial charge in [-0.25, -0.2) is 8.42 Å². The molecule has 0 spiro atoms. The minimum absolute atomic E-state index is 0.0252. The van der Waals surface area contributed by atoms with Gasteiger partial charge in [0.15, 0.2) is 15.6 Å². The van der Waals surface area contributed by atoms with Crippen molar-refractivity contribution in [2.45, 2.75) is 37.5 Å². The van der Waals surface area contributed by atoms with E-state index in [0.29, 0.717) is 16.9 Å². The summed E-state index contributed by atoms with van der Waals surface area (Å²) in [5, 5.41) is 2.74. The summed E-state index contributed by atoms with van der Waals surface area (Å²) in [7, 11) is -3.27. The monoisotopic (exact) mass is 451 g/mol. The summed E-state index contributed by atoms with van der Waals surface area (Å²) in [5.74, 6) is -0.417. The first-order chi connectivity index (χ1) is 15.1. The van der Waals surface area contributed by atoms with E-state index in [2.05, 4.69) is 15.3 Å². The third kappa shape index (κ3) is 5.26. The van der Waals surface area contributed by atoms with Crippen molar-refractivity contribution < 1.29 is 18.0 Å². The normalized spacial score (nSPS) is 11.7. The maximum atomic E-state index is 12.9. The van der Waals surface area contributed by atoms with Crippen molar-refractivity contribution in [3.8, 4) is 0 Å². The standard InChI is InChI=1S/C24H25N3O4S/c1-4-32(30,31)19-11-8-17(9-12-19)15-22(28)27-18-10-13-20(26-16-18)23(29)24(2,3)21-7-5-6-14-25-21/h5-14,16H,4,15H2,1-3H3,(H,27,28). The molecule has 0 aliphatic heterocycles. The molecule has 0 radical (unpaired) electrons. The number of carbonyl (C=O) groups excluding carboxylic acids is 2.